The first-order valence-electron chi connectivity index (χ1n) is 9.40. The van der Waals surface area contributed by atoms with E-state index in [9.17, 15) is 4.79 Å². The molecule has 5 nitrogen and oxygen atoms in total. The molecular formula is C21H27N3O2S. The molecule has 0 aliphatic carbocycles. The number of carbonyl (C=O) groups is 1. The maximum Gasteiger partial charge on any atom is 0.141 e. The van der Waals surface area contributed by atoms with Crippen LogP contribution >= 0.6 is 11.8 Å². The Balaban J connectivity index is 1.95. The summed E-state index contributed by atoms with van der Waals surface area (Å²) in [5.74, 6) is 0.833. The molecule has 0 amide bonds. The molecule has 3 rings (SSSR count). The van der Waals surface area contributed by atoms with Gasteiger partial charge in [-0.3, -0.25) is 4.90 Å². The molecule has 0 radical (unpaired) electrons. The molecule has 2 atom stereocenters. The third kappa shape index (κ3) is 4.34. The molecule has 0 bridgehead atoms. The number of hydrogen-bond donors (Lipinski definition) is 0. The molecule has 2 heterocycles. The van der Waals surface area contributed by atoms with Gasteiger partial charge in [0.05, 0.1) is 18.5 Å². The van der Waals surface area contributed by atoms with E-state index in [4.69, 9.17) is 4.74 Å². The van der Waals surface area contributed by atoms with Crippen molar-refractivity contribution >= 4 is 18.0 Å². The van der Waals surface area contributed by atoms with Gasteiger partial charge in [0, 0.05) is 24.8 Å². The molecule has 1 aromatic heterocycles. The van der Waals surface area contributed by atoms with Crippen molar-refractivity contribution < 1.29 is 9.53 Å². The van der Waals surface area contributed by atoms with Crippen LogP contribution in [0.5, 0.6) is 5.75 Å². The Morgan fingerprint density at radius 3 is 2.59 bits per heavy atom. The molecule has 0 fully saturated rings. The van der Waals surface area contributed by atoms with E-state index in [1.54, 1.807) is 25.1 Å². The Hall–Kier alpha value is -1.89. The molecule has 1 aromatic carbocycles. The average molecular weight is 386 g/mol. The lowest BCUT2D eigenvalue weighted by atomic mass is 10.1. The minimum absolute atomic E-state index is 0.0454. The Labute approximate surface area is 165 Å². The number of methoxy groups -OCH3 is 1. The Kier molecular flexibility index (Phi) is 6.88. The van der Waals surface area contributed by atoms with E-state index in [1.807, 2.05) is 24.3 Å². The standard InChI is InChI=1S/C21H27N3O2S/c1-4-23(5-2)13-14-24-19(15-25)18-7-6-12-22-20(18)27-21(24)16-8-10-17(26-3)11-9-16/h6-12,15,19,21H,4-5,13-14H2,1-3H3. The van der Waals surface area contributed by atoms with E-state index in [-0.39, 0.29) is 11.4 Å². The lowest BCUT2D eigenvalue weighted by molar-refractivity contribution is -0.113. The minimum Gasteiger partial charge on any atom is -0.497 e. The number of pyridine rings is 1. The number of benzene rings is 1. The molecule has 1 aliphatic rings. The topological polar surface area (TPSA) is 45.7 Å². The number of rotatable bonds is 8. The van der Waals surface area contributed by atoms with Crippen molar-refractivity contribution in [3.8, 4) is 5.75 Å². The molecule has 0 saturated heterocycles. The fourth-order valence-corrected chi connectivity index (χ4v) is 4.78. The number of hydrogen-bond acceptors (Lipinski definition) is 6. The van der Waals surface area contributed by atoms with E-state index >= 15 is 0 Å². The molecule has 2 unspecified atom stereocenters. The van der Waals surface area contributed by atoms with Gasteiger partial charge >= 0.3 is 0 Å². The summed E-state index contributed by atoms with van der Waals surface area (Å²) in [5.41, 5.74) is 2.16. The van der Waals surface area contributed by atoms with E-state index in [0.717, 1.165) is 54.4 Å². The maximum atomic E-state index is 12.1. The first-order valence-corrected chi connectivity index (χ1v) is 10.3. The van der Waals surface area contributed by atoms with E-state index < -0.39 is 0 Å². The summed E-state index contributed by atoms with van der Waals surface area (Å²) in [5, 5.41) is 0.985. The van der Waals surface area contributed by atoms with Crippen molar-refractivity contribution in [1.29, 1.82) is 0 Å². The van der Waals surface area contributed by atoms with Gasteiger partial charge in [0.25, 0.3) is 0 Å². The van der Waals surface area contributed by atoms with Crippen LogP contribution in [0.3, 0.4) is 0 Å². The smallest absolute Gasteiger partial charge is 0.141 e. The quantitative estimate of drug-likeness (QED) is 0.645. The van der Waals surface area contributed by atoms with Gasteiger partial charge in [-0.05, 0) is 36.9 Å². The van der Waals surface area contributed by atoms with E-state index in [2.05, 4.69) is 40.8 Å². The zero-order valence-electron chi connectivity index (χ0n) is 16.2. The summed E-state index contributed by atoms with van der Waals surface area (Å²) >= 11 is 1.71. The van der Waals surface area contributed by atoms with Crippen LogP contribution in [0.25, 0.3) is 0 Å². The highest BCUT2D eigenvalue weighted by Gasteiger charge is 2.36. The molecular weight excluding hydrogens is 358 g/mol. The lowest BCUT2D eigenvalue weighted by Gasteiger charge is -2.40. The van der Waals surface area contributed by atoms with Crippen LogP contribution in [0, 0.1) is 0 Å². The van der Waals surface area contributed by atoms with E-state index in [0.29, 0.717) is 0 Å². The molecule has 0 saturated carbocycles. The van der Waals surface area contributed by atoms with Crippen molar-refractivity contribution in [3.63, 3.8) is 0 Å². The summed E-state index contributed by atoms with van der Waals surface area (Å²) in [7, 11) is 1.67. The average Bonchev–Trinajstić information content (AvgIpc) is 2.73. The van der Waals surface area contributed by atoms with Crippen LogP contribution in [-0.2, 0) is 4.79 Å². The van der Waals surface area contributed by atoms with Crippen molar-refractivity contribution in [1.82, 2.24) is 14.8 Å². The number of likely N-dealkylation sites (N-methyl/N-ethyl adjacent to an activating group) is 1. The molecule has 2 aromatic rings. The van der Waals surface area contributed by atoms with Gasteiger partial charge in [-0.1, -0.05) is 43.8 Å². The monoisotopic (exact) mass is 385 g/mol. The second kappa shape index (κ2) is 9.35. The predicted octanol–water partition coefficient (Wildman–Crippen LogP) is 3.78. The van der Waals surface area contributed by atoms with Crippen molar-refractivity contribution in [2.75, 3.05) is 33.3 Å². The summed E-state index contributed by atoms with van der Waals surface area (Å²) in [6, 6.07) is 11.8. The molecule has 1 aliphatic heterocycles. The third-order valence-electron chi connectivity index (χ3n) is 5.10. The number of aldehydes is 1. The largest absolute Gasteiger partial charge is 0.497 e. The first-order chi connectivity index (χ1) is 13.2. The zero-order chi connectivity index (χ0) is 19.2. The van der Waals surface area contributed by atoms with Crippen LogP contribution in [0.1, 0.15) is 36.4 Å². The Morgan fingerprint density at radius 1 is 1.22 bits per heavy atom. The SMILES string of the molecule is CCN(CC)CCN1C(C=O)c2cccnc2SC1c1ccc(OC)cc1. The van der Waals surface area contributed by atoms with Crippen molar-refractivity contribution in [2.45, 2.75) is 30.3 Å². The second-order valence-electron chi connectivity index (χ2n) is 6.49. The lowest BCUT2D eigenvalue weighted by Crippen LogP contribution is -2.41. The normalized spacial score (nSPS) is 19.7. The highest BCUT2D eigenvalue weighted by molar-refractivity contribution is 7.99. The number of ether oxygens (including phenoxy) is 1. The first kappa shape index (κ1) is 19.9. The fraction of sp³-hybridized carbons (Fsp3) is 0.429. The maximum absolute atomic E-state index is 12.1. The summed E-state index contributed by atoms with van der Waals surface area (Å²) < 4.78 is 5.29. The summed E-state index contributed by atoms with van der Waals surface area (Å²) in [4.78, 5) is 21.3. The number of aromatic nitrogens is 1. The molecule has 0 spiro atoms. The van der Waals surface area contributed by atoms with Crippen molar-refractivity contribution in [3.05, 3.63) is 53.7 Å². The third-order valence-corrected chi connectivity index (χ3v) is 6.43. The van der Waals surface area contributed by atoms with Gasteiger partial charge in [0.15, 0.2) is 0 Å². The predicted molar refractivity (Wildman–Crippen MR) is 109 cm³/mol. The van der Waals surface area contributed by atoms with Gasteiger partial charge < -0.3 is 14.4 Å². The number of carbonyl (C=O) groups excluding carboxylic acids is 1. The highest BCUT2D eigenvalue weighted by atomic mass is 32.2. The number of nitrogens with zero attached hydrogens (tertiary/aromatic N) is 3. The Morgan fingerprint density at radius 2 is 1.96 bits per heavy atom. The molecule has 6 heteroatoms. The van der Waals surface area contributed by atoms with Gasteiger partial charge in [-0.2, -0.15) is 0 Å². The van der Waals surface area contributed by atoms with Crippen LogP contribution in [0.15, 0.2) is 47.6 Å². The highest BCUT2D eigenvalue weighted by Crippen LogP contribution is 2.48. The minimum atomic E-state index is -0.280. The molecule has 0 N–H and O–H groups in total. The fourth-order valence-electron chi connectivity index (χ4n) is 3.46. The van der Waals surface area contributed by atoms with Crippen LogP contribution in [0.2, 0.25) is 0 Å². The van der Waals surface area contributed by atoms with Crippen LogP contribution in [-0.4, -0.2) is 54.4 Å². The van der Waals surface area contributed by atoms with Gasteiger partial charge in [0.2, 0.25) is 0 Å². The van der Waals surface area contributed by atoms with Crippen LogP contribution in [0.4, 0.5) is 0 Å². The molecule has 27 heavy (non-hydrogen) atoms. The van der Waals surface area contributed by atoms with Gasteiger partial charge in [-0.25, -0.2) is 4.98 Å². The Bertz CT molecular complexity index is 749. The summed E-state index contributed by atoms with van der Waals surface area (Å²) in [6.45, 7) is 8.12. The summed E-state index contributed by atoms with van der Waals surface area (Å²) in [6.07, 6.45) is 2.85. The van der Waals surface area contributed by atoms with Crippen LogP contribution < -0.4 is 4.74 Å². The van der Waals surface area contributed by atoms with Crippen molar-refractivity contribution in [2.24, 2.45) is 0 Å². The zero-order valence-corrected chi connectivity index (χ0v) is 17.0. The second-order valence-corrected chi connectivity index (χ2v) is 7.56. The van der Waals surface area contributed by atoms with Gasteiger partial charge in [-0.15, -0.1) is 0 Å². The number of fused-ring (bicyclic) bond motifs is 1. The molecule has 144 valence electrons. The number of thioether (sulfide) groups is 1. The van der Waals surface area contributed by atoms with Gasteiger partial charge in [0.1, 0.15) is 17.1 Å². The van der Waals surface area contributed by atoms with E-state index in [1.165, 1.54) is 0 Å².